The standard InChI is InChI=1S/C35H60O8Si4/c1-34(2,3)32(36)28-16-20-30(21-17-28)39-24-14-26-46(12,41-44(6,7)8)43-47(13,42-45(9,10)11)27-15-25-40-31-22-18-29(19-23-31)33(37)35(4,5)38/h16-23,38H,14-15,24-27H2,1-13H3. The molecule has 0 heterocycles. The molecule has 8 nitrogen and oxygen atoms in total. The van der Waals surface area contributed by atoms with Gasteiger partial charge < -0.3 is 26.9 Å². The van der Waals surface area contributed by atoms with Crippen LogP contribution in [0.1, 0.15) is 68.2 Å². The molecule has 0 saturated carbocycles. The highest BCUT2D eigenvalue weighted by Gasteiger charge is 2.46. The minimum atomic E-state index is -2.66. The lowest BCUT2D eigenvalue weighted by Gasteiger charge is -2.43. The summed E-state index contributed by atoms with van der Waals surface area (Å²) in [6.07, 6.45) is 1.54. The largest absolute Gasteiger partial charge is 0.494 e. The third kappa shape index (κ3) is 15.0. The first-order chi connectivity index (χ1) is 21.3. The number of ether oxygens (including phenoxy) is 2. The molecule has 0 spiro atoms. The van der Waals surface area contributed by atoms with E-state index in [0.717, 1.165) is 30.7 Å². The third-order valence-corrected chi connectivity index (χ3v) is 21.4. The van der Waals surface area contributed by atoms with Gasteiger partial charge in [-0.1, -0.05) is 20.8 Å². The first kappa shape index (κ1) is 41.3. The summed E-state index contributed by atoms with van der Waals surface area (Å²) in [6, 6.07) is 15.8. The van der Waals surface area contributed by atoms with Crippen molar-refractivity contribution in [1.29, 1.82) is 0 Å². The molecule has 0 bridgehead atoms. The monoisotopic (exact) mass is 720 g/mol. The van der Waals surface area contributed by atoms with Crippen molar-refractivity contribution in [1.82, 2.24) is 0 Å². The van der Waals surface area contributed by atoms with E-state index in [1.165, 1.54) is 13.8 Å². The van der Waals surface area contributed by atoms with Crippen molar-refractivity contribution >= 4 is 45.3 Å². The Hall–Kier alpha value is -1.91. The normalized spacial score (nSPS) is 15.4. The first-order valence-corrected chi connectivity index (χ1v) is 28.6. The molecule has 12 heteroatoms. The summed E-state index contributed by atoms with van der Waals surface area (Å²) in [5.74, 6) is 1.20. The zero-order valence-electron chi connectivity index (χ0n) is 31.2. The lowest BCUT2D eigenvalue weighted by molar-refractivity contribution is 0.0488. The molecule has 1 N–H and O–H groups in total. The van der Waals surface area contributed by atoms with Gasteiger partial charge >= 0.3 is 17.1 Å². The zero-order valence-corrected chi connectivity index (χ0v) is 35.2. The van der Waals surface area contributed by atoms with E-state index in [-0.39, 0.29) is 11.6 Å². The van der Waals surface area contributed by atoms with Crippen LogP contribution in [-0.4, -0.2) is 69.2 Å². The molecule has 0 fully saturated rings. The van der Waals surface area contributed by atoms with Crippen molar-refractivity contribution in [2.45, 2.75) is 118 Å². The molecule has 2 rings (SSSR count). The van der Waals surface area contributed by atoms with Gasteiger partial charge in [0.2, 0.25) is 0 Å². The number of benzene rings is 2. The molecule has 0 aliphatic carbocycles. The van der Waals surface area contributed by atoms with Crippen molar-refractivity contribution in [3.8, 4) is 11.5 Å². The molecule has 2 atom stereocenters. The van der Waals surface area contributed by atoms with E-state index in [2.05, 4.69) is 52.4 Å². The van der Waals surface area contributed by atoms with Gasteiger partial charge in [-0.3, -0.25) is 9.59 Å². The van der Waals surface area contributed by atoms with E-state index in [1.807, 2.05) is 45.0 Å². The molecule has 264 valence electrons. The summed E-state index contributed by atoms with van der Waals surface area (Å²) in [5.41, 5.74) is -0.704. The molecule has 47 heavy (non-hydrogen) atoms. The van der Waals surface area contributed by atoms with E-state index in [9.17, 15) is 14.7 Å². The van der Waals surface area contributed by atoms with Crippen LogP contribution in [0.3, 0.4) is 0 Å². The minimum Gasteiger partial charge on any atom is -0.494 e. The summed E-state index contributed by atoms with van der Waals surface area (Å²) in [6.45, 7) is 27.3. The lowest BCUT2D eigenvalue weighted by atomic mass is 9.86. The SMILES string of the molecule is CC(C)(C)C(=O)c1ccc(OCCC[Si](C)(O[Si](C)(C)C)O[Si](C)(CCCOc2ccc(C(=O)C(C)(C)O)cc2)O[Si](C)(C)C)cc1. The Kier molecular flexibility index (Phi) is 14.2. The molecule has 0 aliphatic heterocycles. The van der Waals surface area contributed by atoms with E-state index in [4.69, 9.17) is 21.8 Å². The van der Waals surface area contributed by atoms with Crippen molar-refractivity contribution in [2.24, 2.45) is 5.41 Å². The maximum Gasteiger partial charge on any atom is 0.316 e. The number of hydrogen-bond donors (Lipinski definition) is 1. The molecular weight excluding hydrogens is 661 g/mol. The lowest BCUT2D eigenvalue weighted by Crippen LogP contribution is -2.58. The fourth-order valence-electron chi connectivity index (χ4n) is 5.36. The minimum absolute atomic E-state index is 0.112. The van der Waals surface area contributed by atoms with Gasteiger partial charge in [-0.15, -0.1) is 0 Å². The number of carbonyl (C=O) groups is 2. The Balaban J connectivity index is 2.06. The molecule has 2 aromatic carbocycles. The second kappa shape index (κ2) is 16.2. The summed E-state index contributed by atoms with van der Waals surface area (Å²) in [7, 11) is -9.20. The zero-order chi connectivity index (χ0) is 35.9. The van der Waals surface area contributed by atoms with Gasteiger partial charge in [-0.25, -0.2) is 0 Å². The van der Waals surface area contributed by atoms with Crippen molar-refractivity contribution in [3.63, 3.8) is 0 Å². The molecule has 0 aliphatic rings. The van der Waals surface area contributed by atoms with Gasteiger partial charge in [-0.05, 0) is 140 Å². The summed E-state index contributed by atoms with van der Waals surface area (Å²) >= 11 is 0. The molecule has 2 unspecified atom stereocenters. The Morgan fingerprint density at radius 2 is 0.915 bits per heavy atom. The van der Waals surface area contributed by atoms with Crippen molar-refractivity contribution < 1.29 is 36.5 Å². The fourth-order valence-corrected chi connectivity index (χ4v) is 23.7. The van der Waals surface area contributed by atoms with Crippen LogP contribution >= 0.6 is 0 Å². The third-order valence-electron chi connectivity index (χ3n) is 7.03. The maximum atomic E-state index is 12.6. The highest BCUT2D eigenvalue weighted by atomic mass is 28.5. The average Bonchev–Trinajstić information content (AvgIpc) is 2.90. The first-order valence-electron chi connectivity index (χ1n) is 16.7. The van der Waals surface area contributed by atoms with Crippen LogP contribution in [0.5, 0.6) is 11.5 Å². The summed E-state index contributed by atoms with van der Waals surface area (Å²) < 4.78 is 32.9. The van der Waals surface area contributed by atoms with E-state index >= 15 is 0 Å². The van der Waals surface area contributed by atoms with Gasteiger partial charge in [0, 0.05) is 16.5 Å². The average molecular weight is 721 g/mol. The Bertz CT molecular complexity index is 1200. The molecule has 0 saturated heterocycles. The van der Waals surface area contributed by atoms with Gasteiger partial charge in [0.1, 0.15) is 17.1 Å². The van der Waals surface area contributed by atoms with E-state index in [0.29, 0.717) is 30.1 Å². The molecular formula is C35H60O8Si4. The predicted molar refractivity (Wildman–Crippen MR) is 200 cm³/mol. The maximum absolute atomic E-state index is 12.6. The quantitative estimate of drug-likeness (QED) is 0.0873. The van der Waals surface area contributed by atoms with E-state index in [1.54, 1.807) is 24.3 Å². The highest BCUT2D eigenvalue weighted by Crippen LogP contribution is 2.31. The van der Waals surface area contributed by atoms with Crippen LogP contribution in [0.4, 0.5) is 0 Å². The smallest absolute Gasteiger partial charge is 0.316 e. The van der Waals surface area contributed by atoms with E-state index < -0.39 is 44.8 Å². The van der Waals surface area contributed by atoms with Crippen LogP contribution in [-0.2, 0) is 12.3 Å². The molecule has 0 aromatic heterocycles. The van der Waals surface area contributed by atoms with Crippen LogP contribution in [0.25, 0.3) is 0 Å². The second-order valence-corrected chi connectivity index (χ2v) is 32.7. The second-order valence-electron chi connectivity index (χ2n) is 16.2. The Labute approximate surface area is 288 Å². The van der Waals surface area contributed by atoms with Gasteiger partial charge in [-0.2, -0.15) is 0 Å². The number of Topliss-reactive ketones (excluding diaryl/α,β-unsaturated/α-hetero) is 2. The molecule has 0 amide bonds. The molecule has 2 aromatic rings. The predicted octanol–water partition coefficient (Wildman–Crippen LogP) is 8.97. The van der Waals surface area contributed by atoms with Crippen LogP contribution in [0, 0.1) is 5.41 Å². The van der Waals surface area contributed by atoms with Gasteiger partial charge in [0.25, 0.3) is 0 Å². The number of hydrogen-bond acceptors (Lipinski definition) is 8. The fraction of sp³-hybridized carbons (Fsp3) is 0.600. The topological polar surface area (TPSA) is 101 Å². The van der Waals surface area contributed by atoms with Crippen LogP contribution < -0.4 is 9.47 Å². The van der Waals surface area contributed by atoms with Crippen LogP contribution in [0.15, 0.2) is 48.5 Å². The number of aliphatic hydroxyl groups is 1. The Morgan fingerprint density at radius 3 is 1.21 bits per heavy atom. The number of ketones is 2. The molecule has 0 radical (unpaired) electrons. The number of carbonyl (C=O) groups excluding carboxylic acids is 2. The highest BCUT2D eigenvalue weighted by molar-refractivity contribution is 6.89. The number of rotatable bonds is 19. The van der Waals surface area contributed by atoms with Gasteiger partial charge in [0.05, 0.1) is 13.2 Å². The van der Waals surface area contributed by atoms with Crippen molar-refractivity contribution in [2.75, 3.05) is 13.2 Å². The van der Waals surface area contributed by atoms with Crippen molar-refractivity contribution in [3.05, 3.63) is 59.7 Å². The van der Waals surface area contributed by atoms with Crippen LogP contribution in [0.2, 0.25) is 64.5 Å². The summed E-state index contributed by atoms with van der Waals surface area (Å²) in [5, 5.41) is 10.0. The Morgan fingerprint density at radius 1 is 0.574 bits per heavy atom. The van der Waals surface area contributed by atoms with Gasteiger partial charge in [0.15, 0.2) is 28.2 Å². The summed E-state index contributed by atoms with van der Waals surface area (Å²) in [4.78, 5) is 24.9.